The van der Waals surface area contributed by atoms with Crippen molar-refractivity contribution < 1.29 is 4.79 Å². The lowest BCUT2D eigenvalue weighted by Crippen LogP contribution is -2.29. The van der Waals surface area contributed by atoms with Gasteiger partial charge in [0.05, 0.1) is 5.71 Å². The van der Waals surface area contributed by atoms with Gasteiger partial charge in [0.25, 0.3) is 0 Å². The Hall–Kier alpha value is -2.82. The molecule has 0 bridgehead atoms. The summed E-state index contributed by atoms with van der Waals surface area (Å²) in [5.41, 5.74) is 3.82. The maximum atomic E-state index is 12.5. The van der Waals surface area contributed by atoms with Crippen LogP contribution in [0.1, 0.15) is 17.0 Å². The Balaban J connectivity index is 1.53. The monoisotopic (exact) mass is 423 g/mol. The SMILES string of the molecule is O=C(CN1CC(c2ccccc2)C(c2ccc(Cl)cc2)=N1)Nc1ccc(Cl)cc1. The number of nitrogens with one attached hydrogen (secondary N) is 1. The van der Waals surface area contributed by atoms with Gasteiger partial charge >= 0.3 is 0 Å². The third kappa shape index (κ3) is 4.78. The number of carbonyl (C=O) groups is 1. The van der Waals surface area contributed by atoms with Gasteiger partial charge in [-0.05, 0) is 47.5 Å². The molecule has 146 valence electrons. The third-order valence-electron chi connectivity index (χ3n) is 4.77. The zero-order valence-corrected chi connectivity index (χ0v) is 17.1. The molecule has 1 heterocycles. The van der Waals surface area contributed by atoms with Gasteiger partial charge < -0.3 is 5.32 Å². The van der Waals surface area contributed by atoms with Gasteiger partial charge in [0.1, 0.15) is 6.54 Å². The zero-order valence-electron chi connectivity index (χ0n) is 15.6. The highest BCUT2D eigenvalue weighted by molar-refractivity contribution is 6.31. The first-order valence-electron chi connectivity index (χ1n) is 9.28. The molecule has 0 aromatic heterocycles. The van der Waals surface area contributed by atoms with Crippen LogP contribution in [0.25, 0.3) is 0 Å². The fourth-order valence-corrected chi connectivity index (χ4v) is 3.64. The average molecular weight is 424 g/mol. The van der Waals surface area contributed by atoms with Crippen molar-refractivity contribution in [3.63, 3.8) is 0 Å². The van der Waals surface area contributed by atoms with Crippen molar-refractivity contribution in [2.24, 2.45) is 5.10 Å². The summed E-state index contributed by atoms with van der Waals surface area (Å²) in [6, 6.07) is 24.9. The van der Waals surface area contributed by atoms with Crippen molar-refractivity contribution in [3.8, 4) is 0 Å². The number of benzene rings is 3. The van der Waals surface area contributed by atoms with Gasteiger partial charge in [-0.25, -0.2) is 0 Å². The zero-order chi connectivity index (χ0) is 20.2. The Labute approximate surface area is 179 Å². The average Bonchev–Trinajstić information content (AvgIpc) is 3.14. The molecule has 0 fully saturated rings. The molecule has 0 saturated carbocycles. The summed E-state index contributed by atoms with van der Waals surface area (Å²) in [5.74, 6) is -0.0408. The van der Waals surface area contributed by atoms with E-state index < -0.39 is 0 Å². The van der Waals surface area contributed by atoms with E-state index in [1.807, 2.05) is 47.5 Å². The first-order chi connectivity index (χ1) is 14.1. The van der Waals surface area contributed by atoms with Crippen LogP contribution in [0.3, 0.4) is 0 Å². The summed E-state index contributed by atoms with van der Waals surface area (Å²) in [6.07, 6.45) is 0. The van der Waals surface area contributed by atoms with Crippen LogP contribution in [-0.2, 0) is 4.79 Å². The van der Waals surface area contributed by atoms with Crippen LogP contribution < -0.4 is 5.32 Å². The molecule has 1 atom stereocenters. The minimum absolute atomic E-state index is 0.0840. The number of anilines is 1. The molecule has 1 aliphatic rings. The second kappa shape index (κ2) is 8.68. The minimum atomic E-state index is -0.125. The minimum Gasteiger partial charge on any atom is -0.324 e. The van der Waals surface area contributed by atoms with Crippen molar-refractivity contribution in [2.75, 3.05) is 18.4 Å². The Kier molecular flexibility index (Phi) is 5.84. The van der Waals surface area contributed by atoms with E-state index in [2.05, 4.69) is 17.4 Å². The van der Waals surface area contributed by atoms with Gasteiger partial charge in [0, 0.05) is 28.2 Å². The van der Waals surface area contributed by atoms with Gasteiger partial charge in [-0.3, -0.25) is 9.80 Å². The molecule has 1 unspecified atom stereocenters. The smallest absolute Gasteiger partial charge is 0.245 e. The van der Waals surface area contributed by atoms with Crippen molar-refractivity contribution in [2.45, 2.75) is 5.92 Å². The normalized spacial score (nSPS) is 15.9. The molecule has 6 heteroatoms. The molecule has 1 aliphatic heterocycles. The highest BCUT2D eigenvalue weighted by atomic mass is 35.5. The van der Waals surface area contributed by atoms with E-state index in [0.717, 1.165) is 11.3 Å². The molecule has 29 heavy (non-hydrogen) atoms. The van der Waals surface area contributed by atoms with E-state index in [0.29, 0.717) is 22.3 Å². The van der Waals surface area contributed by atoms with Gasteiger partial charge in [-0.1, -0.05) is 65.7 Å². The van der Waals surface area contributed by atoms with Crippen LogP contribution in [0.2, 0.25) is 10.0 Å². The summed E-state index contributed by atoms with van der Waals surface area (Å²) in [6.45, 7) is 0.805. The van der Waals surface area contributed by atoms with Crippen molar-refractivity contribution in [1.82, 2.24) is 5.01 Å². The third-order valence-corrected chi connectivity index (χ3v) is 5.27. The van der Waals surface area contributed by atoms with Crippen molar-refractivity contribution in [3.05, 3.63) is 100 Å². The van der Waals surface area contributed by atoms with Gasteiger partial charge in [-0.2, -0.15) is 5.10 Å². The number of carbonyl (C=O) groups excluding carboxylic acids is 1. The molecule has 1 N–H and O–H groups in total. The maximum absolute atomic E-state index is 12.5. The Morgan fingerprint density at radius 3 is 2.21 bits per heavy atom. The Morgan fingerprint density at radius 2 is 1.55 bits per heavy atom. The van der Waals surface area contributed by atoms with Crippen LogP contribution in [0.15, 0.2) is 84.0 Å². The predicted octanol–water partition coefficient (Wildman–Crippen LogP) is 5.44. The van der Waals surface area contributed by atoms with E-state index in [9.17, 15) is 4.79 Å². The number of rotatable bonds is 5. The van der Waals surface area contributed by atoms with Gasteiger partial charge in [-0.15, -0.1) is 0 Å². The molecule has 1 amide bonds. The van der Waals surface area contributed by atoms with E-state index >= 15 is 0 Å². The molecule has 3 aromatic rings. The standard InChI is InChI=1S/C23H19Cl2N3O/c24-18-8-6-17(7-9-18)23-21(16-4-2-1-3-5-16)14-28(27-23)15-22(29)26-20-12-10-19(25)11-13-20/h1-13,21H,14-15H2,(H,26,29). The number of hydrazone groups is 1. The first kappa shape index (κ1) is 19.5. The van der Waals surface area contributed by atoms with E-state index in [4.69, 9.17) is 28.3 Å². The first-order valence-corrected chi connectivity index (χ1v) is 10.0. The van der Waals surface area contributed by atoms with Crippen LogP contribution in [-0.4, -0.2) is 29.7 Å². The lowest BCUT2D eigenvalue weighted by molar-refractivity contribution is -0.117. The van der Waals surface area contributed by atoms with Crippen molar-refractivity contribution >= 4 is 40.5 Å². The summed E-state index contributed by atoms with van der Waals surface area (Å²) in [7, 11) is 0. The van der Waals surface area contributed by atoms with E-state index in [1.165, 1.54) is 5.56 Å². The fourth-order valence-electron chi connectivity index (χ4n) is 3.39. The highest BCUT2D eigenvalue weighted by Gasteiger charge is 2.30. The summed E-state index contributed by atoms with van der Waals surface area (Å²) in [4.78, 5) is 12.5. The topological polar surface area (TPSA) is 44.7 Å². The lowest BCUT2D eigenvalue weighted by Gasteiger charge is -2.16. The van der Waals surface area contributed by atoms with E-state index in [1.54, 1.807) is 24.3 Å². The molecule has 0 aliphatic carbocycles. The Morgan fingerprint density at radius 1 is 0.931 bits per heavy atom. The van der Waals surface area contributed by atoms with E-state index in [-0.39, 0.29) is 18.4 Å². The maximum Gasteiger partial charge on any atom is 0.245 e. The second-order valence-electron chi connectivity index (χ2n) is 6.86. The number of halogens is 2. The molecule has 3 aromatic carbocycles. The predicted molar refractivity (Wildman–Crippen MR) is 119 cm³/mol. The molecule has 4 nitrogen and oxygen atoms in total. The number of hydrogen-bond acceptors (Lipinski definition) is 3. The largest absolute Gasteiger partial charge is 0.324 e. The number of amides is 1. The fraction of sp³-hybridized carbons (Fsp3) is 0.130. The lowest BCUT2D eigenvalue weighted by atomic mass is 9.91. The Bertz CT molecular complexity index is 1020. The second-order valence-corrected chi connectivity index (χ2v) is 7.73. The molecular weight excluding hydrogens is 405 g/mol. The quantitative estimate of drug-likeness (QED) is 0.593. The molecule has 4 rings (SSSR count). The number of hydrogen-bond donors (Lipinski definition) is 1. The molecule has 0 saturated heterocycles. The van der Waals surface area contributed by atoms with Gasteiger partial charge in [0.2, 0.25) is 5.91 Å². The van der Waals surface area contributed by atoms with Crippen LogP contribution >= 0.6 is 23.2 Å². The van der Waals surface area contributed by atoms with Crippen LogP contribution in [0.5, 0.6) is 0 Å². The van der Waals surface area contributed by atoms with Crippen LogP contribution in [0.4, 0.5) is 5.69 Å². The van der Waals surface area contributed by atoms with Crippen molar-refractivity contribution in [1.29, 1.82) is 0 Å². The van der Waals surface area contributed by atoms with Gasteiger partial charge in [0.15, 0.2) is 0 Å². The summed E-state index contributed by atoms with van der Waals surface area (Å²) >= 11 is 11.9. The molecule has 0 spiro atoms. The summed E-state index contributed by atoms with van der Waals surface area (Å²) < 4.78 is 0. The molecule has 0 radical (unpaired) electrons. The summed E-state index contributed by atoms with van der Waals surface area (Å²) in [5, 5.41) is 10.8. The molecular formula is C23H19Cl2N3O. The van der Waals surface area contributed by atoms with Crippen LogP contribution in [0, 0.1) is 0 Å². The number of nitrogens with zero attached hydrogens (tertiary/aromatic N) is 2. The highest BCUT2D eigenvalue weighted by Crippen LogP contribution is 2.29.